The molecule has 0 saturated heterocycles. The Hall–Kier alpha value is -3.29. The summed E-state index contributed by atoms with van der Waals surface area (Å²) < 4.78 is 47.0. The highest BCUT2D eigenvalue weighted by atomic mass is 19.4. The van der Waals surface area contributed by atoms with E-state index < -0.39 is 11.7 Å². The summed E-state index contributed by atoms with van der Waals surface area (Å²) >= 11 is 0. The Morgan fingerprint density at radius 3 is 2.32 bits per heavy atom. The van der Waals surface area contributed by atoms with Gasteiger partial charge in [0.2, 0.25) is 5.95 Å². The number of nitrogens with zero attached hydrogens (tertiary/aromatic N) is 2. The third-order valence-electron chi connectivity index (χ3n) is 5.90. The Kier molecular flexibility index (Phi) is 7.24. The number of hydrogen-bond acceptors (Lipinski definition) is 5. The van der Waals surface area contributed by atoms with Crippen LogP contribution in [0.25, 0.3) is 0 Å². The van der Waals surface area contributed by atoms with Crippen LogP contribution in [0, 0.1) is 0 Å². The zero-order valence-electron chi connectivity index (χ0n) is 19.3. The average Bonchev–Trinajstić information content (AvgIpc) is 2.81. The minimum atomic E-state index is -4.59. The second kappa shape index (κ2) is 10.3. The molecule has 0 spiro atoms. The summed E-state index contributed by atoms with van der Waals surface area (Å²) in [5.74, 6) is 0.680. The summed E-state index contributed by atoms with van der Waals surface area (Å²) in [6, 6.07) is 14.6. The van der Waals surface area contributed by atoms with Crippen molar-refractivity contribution >= 4 is 23.1 Å². The molecule has 0 amide bonds. The molecule has 1 heterocycles. The smallest absolute Gasteiger partial charge is 0.421 e. The van der Waals surface area contributed by atoms with Crippen molar-refractivity contribution in [1.82, 2.24) is 9.97 Å². The number of para-hydroxylation sites is 1. The molecule has 0 aliphatic heterocycles. The van der Waals surface area contributed by atoms with E-state index in [9.17, 15) is 13.2 Å². The first-order valence-electron chi connectivity index (χ1n) is 11.6. The van der Waals surface area contributed by atoms with Crippen molar-refractivity contribution in [2.45, 2.75) is 64.1 Å². The van der Waals surface area contributed by atoms with Gasteiger partial charge in [0.15, 0.2) is 0 Å². The van der Waals surface area contributed by atoms with Gasteiger partial charge in [-0.1, -0.05) is 38.5 Å². The number of benzene rings is 2. The number of ether oxygens (including phenoxy) is 1. The SMILES string of the molecule is CC(C)c1ccccc1Nc1nc(Nc2ccc(OC3CCCCC3)cc2)ncc1C(F)(F)F. The number of aromatic nitrogens is 2. The lowest BCUT2D eigenvalue weighted by Gasteiger charge is -2.23. The van der Waals surface area contributed by atoms with Gasteiger partial charge in [-0.2, -0.15) is 18.2 Å². The molecule has 180 valence electrons. The van der Waals surface area contributed by atoms with E-state index in [0.29, 0.717) is 11.4 Å². The first kappa shape index (κ1) is 23.9. The molecule has 1 saturated carbocycles. The van der Waals surface area contributed by atoms with Crippen LogP contribution in [-0.2, 0) is 6.18 Å². The highest BCUT2D eigenvalue weighted by Gasteiger charge is 2.35. The van der Waals surface area contributed by atoms with Gasteiger partial charge < -0.3 is 15.4 Å². The van der Waals surface area contributed by atoms with Crippen LogP contribution in [0.2, 0.25) is 0 Å². The highest BCUT2D eigenvalue weighted by molar-refractivity contribution is 5.66. The van der Waals surface area contributed by atoms with Gasteiger partial charge in [-0.25, -0.2) is 4.98 Å². The standard InChI is InChI=1S/C26H29F3N4O/c1-17(2)21-10-6-7-11-23(21)32-24-22(26(27,28)29)16-30-25(33-24)31-18-12-14-20(15-13-18)34-19-8-4-3-5-9-19/h6-7,10-17,19H,3-5,8-9H2,1-2H3,(H2,30,31,32,33). The van der Waals surface area contributed by atoms with Gasteiger partial charge in [-0.3, -0.25) is 0 Å². The molecular formula is C26H29F3N4O. The van der Waals surface area contributed by atoms with Crippen LogP contribution in [0.15, 0.2) is 54.7 Å². The molecule has 0 bridgehead atoms. The third-order valence-corrected chi connectivity index (χ3v) is 5.90. The normalized spacial score (nSPS) is 14.8. The van der Waals surface area contributed by atoms with Crippen LogP contribution in [-0.4, -0.2) is 16.1 Å². The molecule has 1 aliphatic carbocycles. The maximum atomic E-state index is 13.7. The molecule has 2 aromatic carbocycles. The first-order valence-corrected chi connectivity index (χ1v) is 11.6. The average molecular weight is 471 g/mol. The topological polar surface area (TPSA) is 59.1 Å². The van der Waals surface area contributed by atoms with Crippen LogP contribution in [0.5, 0.6) is 5.75 Å². The second-order valence-electron chi connectivity index (χ2n) is 8.85. The maximum absolute atomic E-state index is 13.7. The van der Waals surface area contributed by atoms with Gasteiger partial charge in [0.1, 0.15) is 17.1 Å². The number of alkyl halides is 3. The lowest BCUT2D eigenvalue weighted by molar-refractivity contribution is -0.137. The van der Waals surface area contributed by atoms with Crippen LogP contribution in [0.4, 0.5) is 36.3 Å². The van der Waals surface area contributed by atoms with Gasteiger partial charge >= 0.3 is 6.18 Å². The quantitative estimate of drug-likeness (QED) is 0.369. The van der Waals surface area contributed by atoms with E-state index in [1.54, 1.807) is 24.3 Å². The lowest BCUT2D eigenvalue weighted by Crippen LogP contribution is -2.19. The first-order chi connectivity index (χ1) is 16.3. The van der Waals surface area contributed by atoms with Crippen molar-refractivity contribution in [2.24, 2.45) is 0 Å². The fourth-order valence-corrected chi connectivity index (χ4v) is 4.11. The maximum Gasteiger partial charge on any atom is 0.421 e. The zero-order chi connectivity index (χ0) is 24.1. The van der Waals surface area contributed by atoms with Gasteiger partial charge in [0.25, 0.3) is 0 Å². The Morgan fingerprint density at radius 1 is 0.941 bits per heavy atom. The Labute approximate surface area is 197 Å². The van der Waals surface area contributed by atoms with Gasteiger partial charge in [0, 0.05) is 17.6 Å². The van der Waals surface area contributed by atoms with Crippen molar-refractivity contribution in [3.8, 4) is 5.75 Å². The molecule has 3 aromatic rings. The number of halogens is 3. The fraction of sp³-hybridized carbons (Fsp3) is 0.385. The minimum Gasteiger partial charge on any atom is -0.490 e. The summed E-state index contributed by atoms with van der Waals surface area (Å²) in [4.78, 5) is 8.06. The summed E-state index contributed by atoms with van der Waals surface area (Å²) in [6.07, 6.45) is 2.22. The summed E-state index contributed by atoms with van der Waals surface area (Å²) in [5, 5.41) is 5.87. The molecular weight excluding hydrogens is 441 g/mol. The summed E-state index contributed by atoms with van der Waals surface area (Å²) in [7, 11) is 0. The molecule has 1 aromatic heterocycles. The molecule has 8 heteroatoms. The van der Waals surface area contributed by atoms with Gasteiger partial charge in [-0.05, 0) is 67.5 Å². The van der Waals surface area contributed by atoms with Crippen LogP contribution >= 0.6 is 0 Å². The number of hydrogen-bond donors (Lipinski definition) is 2. The van der Waals surface area contributed by atoms with Gasteiger partial charge in [0.05, 0.1) is 6.10 Å². The molecule has 1 aliphatic rings. The lowest BCUT2D eigenvalue weighted by atomic mass is 9.98. The number of rotatable bonds is 7. The molecule has 0 radical (unpaired) electrons. The van der Waals surface area contributed by atoms with Crippen LogP contribution in [0.1, 0.15) is 63.0 Å². The molecule has 0 unspecified atom stereocenters. The Bertz CT molecular complexity index is 1090. The van der Waals surface area contributed by atoms with E-state index in [2.05, 4.69) is 20.6 Å². The molecule has 1 fully saturated rings. The predicted octanol–water partition coefficient (Wildman–Crippen LogP) is 7.82. The van der Waals surface area contributed by atoms with Crippen molar-refractivity contribution in [3.63, 3.8) is 0 Å². The van der Waals surface area contributed by atoms with Crippen LogP contribution in [0.3, 0.4) is 0 Å². The number of nitrogens with one attached hydrogen (secondary N) is 2. The van der Waals surface area contributed by atoms with E-state index in [0.717, 1.165) is 30.4 Å². The van der Waals surface area contributed by atoms with Crippen molar-refractivity contribution in [3.05, 3.63) is 65.9 Å². The molecule has 5 nitrogen and oxygen atoms in total. The zero-order valence-corrected chi connectivity index (χ0v) is 19.3. The predicted molar refractivity (Wildman–Crippen MR) is 128 cm³/mol. The highest BCUT2D eigenvalue weighted by Crippen LogP contribution is 2.36. The molecule has 2 N–H and O–H groups in total. The third kappa shape index (κ3) is 5.98. The summed E-state index contributed by atoms with van der Waals surface area (Å²) in [5.41, 5.74) is 1.21. The fourth-order valence-electron chi connectivity index (χ4n) is 4.11. The van der Waals surface area contributed by atoms with Crippen LogP contribution < -0.4 is 15.4 Å². The summed E-state index contributed by atoms with van der Waals surface area (Å²) in [6.45, 7) is 3.97. The molecule has 4 rings (SSSR count). The van der Waals surface area contributed by atoms with E-state index in [1.807, 2.05) is 38.1 Å². The van der Waals surface area contributed by atoms with Crippen molar-refractivity contribution < 1.29 is 17.9 Å². The van der Waals surface area contributed by atoms with Crippen molar-refractivity contribution in [1.29, 1.82) is 0 Å². The Balaban J connectivity index is 1.54. The second-order valence-corrected chi connectivity index (χ2v) is 8.85. The monoisotopic (exact) mass is 470 g/mol. The van der Waals surface area contributed by atoms with E-state index in [1.165, 1.54) is 19.3 Å². The largest absolute Gasteiger partial charge is 0.490 e. The minimum absolute atomic E-state index is 0.0680. The molecule has 34 heavy (non-hydrogen) atoms. The van der Waals surface area contributed by atoms with Crippen molar-refractivity contribution in [2.75, 3.05) is 10.6 Å². The van der Waals surface area contributed by atoms with E-state index in [-0.39, 0.29) is 23.8 Å². The number of anilines is 4. The van der Waals surface area contributed by atoms with E-state index in [4.69, 9.17) is 4.74 Å². The Morgan fingerprint density at radius 2 is 1.65 bits per heavy atom. The van der Waals surface area contributed by atoms with Gasteiger partial charge in [-0.15, -0.1) is 0 Å². The van der Waals surface area contributed by atoms with E-state index >= 15 is 0 Å². The molecule has 0 atom stereocenters.